The fourth-order valence-electron chi connectivity index (χ4n) is 2.82. The second kappa shape index (κ2) is 6.01. The zero-order valence-corrected chi connectivity index (χ0v) is 14.0. The maximum absolute atomic E-state index is 11.6. The van der Waals surface area contributed by atoms with Crippen LogP contribution in [0.2, 0.25) is 0 Å². The number of aryl methyl sites for hydroxylation is 1. The summed E-state index contributed by atoms with van der Waals surface area (Å²) in [5.41, 5.74) is 3.28. The van der Waals surface area contributed by atoms with Crippen molar-refractivity contribution >= 4 is 21.1 Å². The van der Waals surface area contributed by atoms with Crippen molar-refractivity contribution in [2.45, 2.75) is 38.5 Å². The third-order valence-corrected chi connectivity index (χ3v) is 5.72. The minimum atomic E-state index is -3.12. The summed E-state index contributed by atoms with van der Waals surface area (Å²) in [6.07, 6.45) is 3.81. The maximum Gasteiger partial charge on any atom is 0.211 e. The van der Waals surface area contributed by atoms with Crippen LogP contribution in [0.25, 0.3) is 11.0 Å². The third kappa shape index (κ3) is 3.33. The van der Waals surface area contributed by atoms with Crippen LogP contribution in [-0.2, 0) is 23.5 Å². The molecule has 0 radical (unpaired) electrons. The molecule has 120 valence electrons. The van der Waals surface area contributed by atoms with Crippen molar-refractivity contribution in [2.24, 2.45) is 7.05 Å². The SMILES string of the molecule is CCCS(=O)(=O)NCCc1ccc2c(c1)nc(C1CC1)n2C. The number of imidazole rings is 1. The second-order valence-corrected chi connectivity index (χ2v) is 8.02. The zero-order chi connectivity index (χ0) is 15.7. The fraction of sp³-hybridized carbons (Fsp3) is 0.562. The van der Waals surface area contributed by atoms with Gasteiger partial charge < -0.3 is 4.57 Å². The second-order valence-electron chi connectivity index (χ2n) is 6.09. The van der Waals surface area contributed by atoms with E-state index in [2.05, 4.69) is 34.5 Å². The average molecular weight is 321 g/mol. The van der Waals surface area contributed by atoms with E-state index in [1.54, 1.807) is 0 Å². The van der Waals surface area contributed by atoms with Gasteiger partial charge in [-0.3, -0.25) is 0 Å². The normalized spacial score (nSPS) is 15.5. The highest BCUT2D eigenvalue weighted by Gasteiger charge is 2.28. The summed E-state index contributed by atoms with van der Waals surface area (Å²) in [6.45, 7) is 2.31. The first-order valence-corrected chi connectivity index (χ1v) is 9.58. The van der Waals surface area contributed by atoms with Gasteiger partial charge >= 0.3 is 0 Å². The molecule has 1 aromatic heterocycles. The summed E-state index contributed by atoms with van der Waals surface area (Å²) in [4.78, 5) is 4.75. The number of sulfonamides is 1. The summed E-state index contributed by atoms with van der Waals surface area (Å²) < 4.78 is 28.1. The van der Waals surface area contributed by atoms with Crippen LogP contribution < -0.4 is 4.72 Å². The van der Waals surface area contributed by atoms with E-state index >= 15 is 0 Å². The predicted octanol–water partition coefficient (Wildman–Crippen LogP) is 2.32. The number of benzene rings is 1. The molecule has 1 aliphatic carbocycles. The molecule has 1 saturated carbocycles. The molecule has 0 atom stereocenters. The Kier molecular flexibility index (Phi) is 4.23. The molecule has 0 spiro atoms. The molecule has 1 fully saturated rings. The molecule has 1 aliphatic rings. The fourth-order valence-corrected chi connectivity index (χ4v) is 3.91. The van der Waals surface area contributed by atoms with Gasteiger partial charge in [-0.15, -0.1) is 0 Å². The summed E-state index contributed by atoms with van der Waals surface area (Å²) >= 11 is 0. The van der Waals surface area contributed by atoms with E-state index in [4.69, 9.17) is 4.98 Å². The molecule has 1 N–H and O–H groups in total. The number of hydrogen-bond acceptors (Lipinski definition) is 3. The number of hydrogen-bond donors (Lipinski definition) is 1. The molecule has 0 bridgehead atoms. The van der Waals surface area contributed by atoms with Gasteiger partial charge in [0.05, 0.1) is 16.8 Å². The third-order valence-electron chi connectivity index (χ3n) is 4.13. The first-order valence-electron chi connectivity index (χ1n) is 7.93. The Hall–Kier alpha value is -1.40. The zero-order valence-electron chi connectivity index (χ0n) is 13.2. The molecule has 2 aromatic rings. The largest absolute Gasteiger partial charge is 0.331 e. The Morgan fingerprint density at radius 3 is 2.82 bits per heavy atom. The van der Waals surface area contributed by atoms with Gasteiger partial charge in [-0.05, 0) is 43.4 Å². The van der Waals surface area contributed by atoms with Crippen molar-refractivity contribution < 1.29 is 8.42 Å². The predicted molar refractivity (Wildman–Crippen MR) is 88.5 cm³/mol. The molecule has 1 heterocycles. The number of aromatic nitrogens is 2. The molecule has 0 unspecified atom stereocenters. The van der Waals surface area contributed by atoms with Gasteiger partial charge in [-0.1, -0.05) is 13.0 Å². The molecular weight excluding hydrogens is 298 g/mol. The Morgan fingerprint density at radius 1 is 1.36 bits per heavy atom. The first kappa shape index (κ1) is 15.5. The van der Waals surface area contributed by atoms with Gasteiger partial charge in [0.1, 0.15) is 5.82 Å². The Bertz CT molecular complexity index is 776. The van der Waals surface area contributed by atoms with Gasteiger partial charge in [0.15, 0.2) is 0 Å². The smallest absolute Gasteiger partial charge is 0.211 e. The molecule has 6 heteroatoms. The van der Waals surface area contributed by atoms with Crippen LogP contribution in [0.4, 0.5) is 0 Å². The average Bonchev–Trinajstić information content (AvgIpc) is 3.24. The summed E-state index contributed by atoms with van der Waals surface area (Å²) in [6, 6.07) is 6.23. The van der Waals surface area contributed by atoms with Crippen LogP contribution >= 0.6 is 0 Å². The van der Waals surface area contributed by atoms with Crippen molar-refractivity contribution in [1.82, 2.24) is 14.3 Å². The molecule has 0 saturated heterocycles. The number of nitrogens with one attached hydrogen (secondary N) is 1. The molecule has 1 aromatic carbocycles. The highest BCUT2D eigenvalue weighted by Crippen LogP contribution is 2.40. The summed E-state index contributed by atoms with van der Waals surface area (Å²) in [5, 5.41) is 0. The Balaban J connectivity index is 1.70. The van der Waals surface area contributed by atoms with Crippen LogP contribution in [0.5, 0.6) is 0 Å². The van der Waals surface area contributed by atoms with Crippen LogP contribution in [0.3, 0.4) is 0 Å². The van der Waals surface area contributed by atoms with Crippen molar-refractivity contribution in [2.75, 3.05) is 12.3 Å². The number of nitrogens with zero attached hydrogens (tertiary/aromatic N) is 2. The van der Waals surface area contributed by atoms with E-state index in [0.717, 1.165) is 16.6 Å². The van der Waals surface area contributed by atoms with E-state index in [0.29, 0.717) is 25.3 Å². The minimum Gasteiger partial charge on any atom is -0.331 e. The van der Waals surface area contributed by atoms with E-state index in [1.165, 1.54) is 18.7 Å². The molecule has 0 amide bonds. The molecule has 3 rings (SSSR count). The van der Waals surface area contributed by atoms with Crippen molar-refractivity contribution in [3.05, 3.63) is 29.6 Å². The topological polar surface area (TPSA) is 64.0 Å². The van der Waals surface area contributed by atoms with Gasteiger partial charge in [0.2, 0.25) is 10.0 Å². The van der Waals surface area contributed by atoms with Crippen molar-refractivity contribution in [3.8, 4) is 0 Å². The van der Waals surface area contributed by atoms with Crippen LogP contribution in [0.15, 0.2) is 18.2 Å². The number of fused-ring (bicyclic) bond motifs is 1. The lowest BCUT2D eigenvalue weighted by Crippen LogP contribution is -2.28. The van der Waals surface area contributed by atoms with Crippen LogP contribution in [0.1, 0.15) is 43.5 Å². The molecule has 5 nitrogen and oxygen atoms in total. The van der Waals surface area contributed by atoms with Crippen LogP contribution in [-0.4, -0.2) is 30.3 Å². The van der Waals surface area contributed by atoms with E-state index in [1.807, 2.05) is 6.92 Å². The van der Waals surface area contributed by atoms with Crippen LogP contribution in [0, 0.1) is 0 Å². The lowest BCUT2D eigenvalue weighted by atomic mass is 10.1. The Morgan fingerprint density at radius 2 is 2.14 bits per heavy atom. The van der Waals surface area contributed by atoms with Gasteiger partial charge in [0, 0.05) is 19.5 Å². The number of rotatable bonds is 7. The standard InChI is InChI=1S/C16H23N3O2S/c1-3-10-22(20,21)17-9-8-12-4-7-15-14(11-12)18-16(19(15)2)13-5-6-13/h4,7,11,13,17H,3,5-6,8-10H2,1-2H3. The van der Waals surface area contributed by atoms with Gasteiger partial charge in [-0.2, -0.15) is 0 Å². The summed E-state index contributed by atoms with van der Waals surface area (Å²) in [7, 11) is -1.05. The van der Waals surface area contributed by atoms with Crippen molar-refractivity contribution in [1.29, 1.82) is 0 Å². The molecule has 22 heavy (non-hydrogen) atoms. The lowest BCUT2D eigenvalue weighted by molar-refractivity contribution is 0.580. The van der Waals surface area contributed by atoms with Gasteiger partial charge in [-0.25, -0.2) is 18.1 Å². The highest BCUT2D eigenvalue weighted by atomic mass is 32.2. The maximum atomic E-state index is 11.6. The molecular formula is C16H23N3O2S. The highest BCUT2D eigenvalue weighted by molar-refractivity contribution is 7.89. The lowest BCUT2D eigenvalue weighted by Gasteiger charge is -2.06. The minimum absolute atomic E-state index is 0.191. The van der Waals surface area contributed by atoms with Gasteiger partial charge in [0.25, 0.3) is 0 Å². The monoisotopic (exact) mass is 321 g/mol. The first-order chi connectivity index (χ1) is 10.5. The van der Waals surface area contributed by atoms with E-state index < -0.39 is 10.0 Å². The van der Waals surface area contributed by atoms with E-state index in [9.17, 15) is 8.42 Å². The van der Waals surface area contributed by atoms with Crippen molar-refractivity contribution in [3.63, 3.8) is 0 Å². The van der Waals surface area contributed by atoms with E-state index in [-0.39, 0.29) is 5.75 Å². The Labute approximate surface area is 131 Å². The quantitative estimate of drug-likeness (QED) is 0.851. The summed E-state index contributed by atoms with van der Waals surface area (Å²) in [5.74, 6) is 1.99. The molecule has 0 aliphatic heterocycles.